The van der Waals surface area contributed by atoms with Crippen molar-refractivity contribution in [1.29, 1.82) is 5.26 Å². The van der Waals surface area contributed by atoms with Crippen LogP contribution in [0.15, 0.2) is 40.0 Å². The van der Waals surface area contributed by atoms with Crippen LogP contribution >= 0.6 is 24.0 Å². The number of rotatable bonds is 6. The highest BCUT2D eigenvalue weighted by molar-refractivity contribution is 8.26. The van der Waals surface area contributed by atoms with Gasteiger partial charge in [0.15, 0.2) is 0 Å². The highest BCUT2D eigenvalue weighted by Gasteiger charge is 2.33. The monoisotopic (exact) mass is 452 g/mol. The predicted octanol–water partition coefficient (Wildman–Crippen LogP) is 4.03. The predicted molar refractivity (Wildman–Crippen MR) is 130 cm³/mol. The van der Waals surface area contributed by atoms with Crippen LogP contribution in [0.4, 0.5) is 5.82 Å². The number of nitrogens with zero attached hydrogens (tertiary/aromatic N) is 3. The van der Waals surface area contributed by atoms with E-state index in [1.54, 1.807) is 24.9 Å². The summed E-state index contributed by atoms with van der Waals surface area (Å²) in [6.45, 7) is 6.84. The zero-order chi connectivity index (χ0) is 22.7. The molecule has 0 bridgehead atoms. The van der Waals surface area contributed by atoms with Crippen LogP contribution in [0, 0.1) is 24.2 Å². The first-order chi connectivity index (χ1) is 14.7. The SMILES string of the molecule is Cc1c(/C=C2/SC(=S)N(CC(C)C)C2=O)c(NCc2ccccc2)n(C)c(=O)c1C#N. The molecule has 1 N–H and O–H groups in total. The van der Waals surface area contributed by atoms with Gasteiger partial charge in [-0.15, -0.1) is 0 Å². The normalized spacial score (nSPS) is 15.1. The van der Waals surface area contributed by atoms with Gasteiger partial charge in [0.2, 0.25) is 0 Å². The summed E-state index contributed by atoms with van der Waals surface area (Å²) in [6, 6.07) is 11.8. The van der Waals surface area contributed by atoms with Crippen molar-refractivity contribution in [1.82, 2.24) is 9.47 Å². The molecule has 1 fully saturated rings. The largest absolute Gasteiger partial charge is 0.367 e. The molecule has 1 saturated heterocycles. The Morgan fingerprint density at radius 2 is 1.94 bits per heavy atom. The fourth-order valence-corrected chi connectivity index (χ4v) is 4.64. The minimum atomic E-state index is -0.375. The molecule has 3 rings (SSSR count). The Morgan fingerprint density at radius 3 is 2.55 bits per heavy atom. The number of thiocarbonyl (C=S) groups is 1. The smallest absolute Gasteiger partial charge is 0.270 e. The molecule has 1 aromatic heterocycles. The van der Waals surface area contributed by atoms with E-state index in [2.05, 4.69) is 5.32 Å². The summed E-state index contributed by atoms with van der Waals surface area (Å²) in [4.78, 5) is 27.8. The maximum Gasteiger partial charge on any atom is 0.270 e. The molecule has 1 aliphatic rings. The first kappa shape index (κ1) is 22.8. The molecule has 1 aromatic carbocycles. The van der Waals surface area contributed by atoms with E-state index in [0.717, 1.165) is 5.56 Å². The highest BCUT2D eigenvalue weighted by atomic mass is 32.2. The number of nitrogens with one attached hydrogen (secondary N) is 1. The lowest BCUT2D eigenvalue weighted by atomic mass is 10.0. The van der Waals surface area contributed by atoms with Gasteiger partial charge in [0.1, 0.15) is 21.8 Å². The number of hydrogen-bond donors (Lipinski definition) is 1. The van der Waals surface area contributed by atoms with Crippen molar-refractivity contribution in [3.8, 4) is 6.07 Å². The summed E-state index contributed by atoms with van der Waals surface area (Å²) in [5.41, 5.74) is 1.91. The van der Waals surface area contributed by atoms with Crippen molar-refractivity contribution < 1.29 is 4.79 Å². The zero-order valence-corrected chi connectivity index (χ0v) is 19.6. The molecule has 0 saturated carbocycles. The Bertz CT molecular complexity index is 1160. The number of carbonyl (C=O) groups is 1. The molecule has 6 nitrogen and oxygen atoms in total. The fraction of sp³-hybridized carbons (Fsp3) is 0.304. The molecule has 1 amide bonds. The average molecular weight is 453 g/mol. The Labute approximate surface area is 191 Å². The van der Waals surface area contributed by atoms with E-state index in [4.69, 9.17) is 12.2 Å². The third-order valence-corrected chi connectivity index (χ3v) is 6.38. The number of nitriles is 1. The van der Waals surface area contributed by atoms with Crippen LogP contribution in [0.3, 0.4) is 0 Å². The van der Waals surface area contributed by atoms with Crippen LogP contribution in [0.5, 0.6) is 0 Å². The molecule has 0 spiro atoms. The Kier molecular flexibility index (Phi) is 6.98. The van der Waals surface area contributed by atoms with Crippen LogP contribution in [0.25, 0.3) is 6.08 Å². The number of benzene rings is 1. The van der Waals surface area contributed by atoms with E-state index >= 15 is 0 Å². The van der Waals surface area contributed by atoms with Crippen molar-refractivity contribution >= 4 is 46.1 Å². The topological polar surface area (TPSA) is 78.1 Å². The third kappa shape index (κ3) is 4.73. The van der Waals surface area contributed by atoms with Crippen molar-refractivity contribution in [2.75, 3.05) is 11.9 Å². The number of thioether (sulfide) groups is 1. The van der Waals surface area contributed by atoms with Crippen LogP contribution in [-0.2, 0) is 18.4 Å². The second-order valence-electron chi connectivity index (χ2n) is 7.76. The molecule has 2 aromatic rings. The van der Waals surface area contributed by atoms with Crippen molar-refractivity contribution in [2.24, 2.45) is 13.0 Å². The van der Waals surface area contributed by atoms with Gasteiger partial charge in [-0.3, -0.25) is 19.1 Å². The number of amides is 1. The zero-order valence-electron chi connectivity index (χ0n) is 17.9. The van der Waals surface area contributed by atoms with Crippen LogP contribution in [-0.4, -0.2) is 26.2 Å². The summed E-state index contributed by atoms with van der Waals surface area (Å²) in [5, 5.41) is 12.9. The van der Waals surface area contributed by atoms with Crippen molar-refractivity contribution in [2.45, 2.75) is 27.3 Å². The number of hydrogen-bond acceptors (Lipinski definition) is 6. The van der Waals surface area contributed by atoms with Gasteiger partial charge in [-0.05, 0) is 30.0 Å². The molecule has 0 radical (unpaired) electrons. The molecular formula is C23H24N4O2S2. The maximum atomic E-state index is 13.0. The van der Waals surface area contributed by atoms with E-state index in [1.807, 2.05) is 50.2 Å². The molecule has 0 atom stereocenters. The van der Waals surface area contributed by atoms with Crippen molar-refractivity contribution in [3.05, 3.63) is 67.8 Å². The molecule has 0 unspecified atom stereocenters. The lowest BCUT2D eigenvalue weighted by Crippen LogP contribution is -2.31. The molecule has 160 valence electrons. The van der Waals surface area contributed by atoms with Gasteiger partial charge in [-0.2, -0.15) is 5.26 Å². The lowest BCUT2D eigenvalue weighted by molar-refractivity contribution is -0.122. The number of anilines is 1. The molecule has 0 aliphatic carbocycles. The van der Waals surface area contributed by atoms with Gasteiger partial charge in [0.05, 0.1) is 4.91 Å². The van der Waals surface area contributed by atoms with E-state index in [-0.39, 0.29) is 22.9 Å². The number of aromatic nitrogens is 1. The second kappa shape index (κ2) is 9.50. The average Bonchev–Trinajstić information content (AvgIpc) is 3.00. The molecule has 31 heavy (non-hydrogen) atoms. The summed E-state index contributed by atoms with van der Waals surface area (Å²) in [7, 11) is 1.62. The summed E-state index contributed by atoms with van der Waals surface area (Å²) in [5.74, 6) is 0.693. The first-order valence-corrected chi connectivity index (χ1v) is 11.1. The van der Waals surface area contributed by atoms with Gasteiger partial charge in [0.25, 0.3) is 11.5 Å². The van der Waals surface area contributed by atoms with Crippen molar-refractivity contribution in [3.63, 3.8) is 0 Å². The summed E-state index contributed by atoms with van der Waals surface area (Å²) in [6.07, 6.45) is 1.74. The second-order valence-corrected chi connectivity index (χ2v) is 9.44. The maximum absolute atomic E-state index is 13.0. The highest BCUT2D eigenvalue weighted by Crippen LogP contribution is 2.35. The first-order valence-electron chi connectivity index (χ1n) is 9.91. The van der Waals surface area contributed by atoms with Gasteiger partial charge >= 0.3 is 0 Å². The number of carbonyl (C=O) groups excluding carboxylic acids is 1. The van der Waals surface area contributed by atoms with E-state index < -0.39 is 0 Å². The summed E-state index contributed by atoms with van der Waals surface area (Å²) < 4.78 is 1.95. The van der Waals surface area contributed by atoms with Gasteiger partial charge < -0.3 is 5.32 Å². The summed E-state index contributed by atoms with van der Waals surface area (Å²) >= 11 is 6.65. The van der Waals surface area contributed by atoms with Crippen LogP contribution < -0.4 is 10.9 Å². The Hall–Kier alpha value is -2.89. The third-order valence-electron chi connectivity index (χ3n) is 5.00. The fourth-order valence-electron chi connectivity index (χ4n) is 3.38. The van der Waals surface area contributed by atoms with E-state index in [0.29, 0.717) is 39.3 Å². The molecule has 8 heteroatoms. The molecule has 1 aliphatic heterocycles. The lowest BCUT2D eigenvalue weighted by Gasteiger charge is -2.18. The quantitative estimate of drug-likeness (QED) is 0.527. The van der Waals surface area contributed by atoms with E-state index in [1.165, 1.54) is 16.3 Å². The standard InChI is InChI=1S/C23H24N4O2S2/c1-14(2)13-27-22(29)19(31-23(27)30)10-17-15(3)18(11-24)21(28)26(4)20(17)25-12-16-8-6-5-7-9-16/h5-10,14,25H,12-13H2,1-4H3/b19-10+. The van der Waals surface area contributed by atoms with E-state index in [9.17, 15) is 14.9 Å². The Morgan fingerprint density at radius 1 is 1.26 bits per heavy atom. The molecule has 2 heterocycles. The number of pyridine rings is 1. The van der Waals surface area contributed by atoms with Crippen LogP contribution in [0.2, 0.25) is 0 Å². The Balaban J connectivity index is 2.08. The minimum absolute atomic E-state index is 0.0664. The molecular weight excluding hydrogens is 428 g/mol. The van der Waals surface area contributed by atoms with Gasteiger partial charge in [-0.1, -0.05) is 68.2 Å². The minimum Gasteiger partial charge on any atom is -0.367 e. The van der Waals surface area contributed by atoms with Gasteiger partial charge in [0, 0.05) is 25.7 Å². The van der Waals surface area contributed by atoms with Crippen LogP contribution in [0.1, 0.15) is 36.1 Å². The van der Waals surface area contributed by atoms with Gasteiger partial charge in [-0.25, -0.2) is 0 Å².